The van der Waals surface area contributed by atoms with Gasteiger partial charge in [0.25, 0.3) is 0 Å². The van der Waals surface area contributed by atoms with E-state index in [0.717, 1.165) is 42.5 Å². The van der Waals surface area contributed by atoms with Crippen LogP contribution in [-0.2, 0) is 11.3 Å². The summed E-state index contributed by atoms with van der Waals surface area (Å²) in [5, 5.41) is -0.0915. The molecule has 3 rings (SSSR count). The molecule has 0 saturated heterocycles. The van der Waals surface area contributed by atoms with Crippen LogP contribution in [0.4, 0.5) is 0 Å². The van der Waals surface area contributed by atoms with E-state index >= 15 is 0 Å². The van der Waals surface area contributed by atoms with Crippen molar-refractivity contribution in [1.29, 1.82) is 0 Å². The SMILES string of the molecule is Cc1ccc2c(c1)nc(C(C)Cl)n2CCOCC1CC1. The molecule has 0 aliphatic heterocycles. The van der Waals surface area contributed by atoms with Crippen molar-refractivity contribution in [2.75, 3.05) is 13.2 Å². The summed E-state index contributed by atoms with van der Waals surface area (Å²) in [5.74, 6) is 1.74. The maximum Gasteiger partial charge on any atom is 0.127 e. The molecule has 1 aromatic carbocycles. The molecular formula is C16H21ClN2O. The lowest BCUT2D eigenvalue weighted by atomic mass is 10.2. The van der Waals surface area contributed by atoms with E-state index < -0.39 is 0 Å². The van der Waals surface area contributed by atoms with Crippen LogP contribution in [0.5, 0.6) is 0 Å². The Kier molecular flexibility index (Phi) is 3.99. The second-order valence-corrected chi connectivity index (χ2v) is 6.40. The number of nitrogens with zero attached hydrogens (tertiary/aromatic N) is 2. The van der Waals surface area contributed by atoms with Crippen LogP contribution in [-0.4, -0.2) is 22.8 Å². The van der Waals surface area contributed by atoms with E-state index in [1.54, 1.807) is 0 Å². The fraction of sp³-hybridized carbons (Fsp3) is 0.562. The first-order valence-corrected chi connectivity index (χ1v) is 7.77. The van der Waals surface area contributed by atoms with Crippen LogP contribution in [0.25, 0.3) is 11.0 Å². The Morgan fingerprint density at radius 2 is 2.25 bits per heavy atom. The zero-order valence-electron chi connectivity index (χ0n) is 12.1. The lowest BCUT2D eigenvalue weighted by Gasteiger charge is -2.11. The Bertz CT molecular complexity index is 602. The topological polar surface area (TPSA) is 27.1 Å². The average molecular weight is 293 g/mol. The van der Waals surface area contributed by atoms with Crippen LogP contribution in [0.15, 0.2) is 18.2 Å². The zero-order valence-corrected chi connectivity index (χ0v) is 12.9. The molecule has 108 valence electrons. The highest BCUT2D eigenvalue weighted by molar-refractivity contribution is 6.20. The van der Waals surface area contributed by atoms with Gasteiger partial charge in [-0.25, -0.2) is 4.98 Å². The monoisotopic (exact) mass is 292 g/mol. The molecule has 0 bridgehead atoms. The summed E-state index contributed by atoms with van der Waals surface area (Å²) in [7, 11) is 0. The number of ether oxygens (including phenoxy) is 1. The van der Waals surface area contributed by atoms with E-state index in [2.05, 4.69) is 34.7 Å². The summed E-state index contributed by atoms with van der Waals surface area (Å²) >= 11 is 6.27. The summed E-state index contributed by atoms with van der Waals surface area (Å²) in [6, 6.07) is 6.36. The Morgan fingerprint density at radius 1 is 1.45 bits per heavy atom. The van der Waals surface area contributed by atoms with E-state index in [1.165, 1.54) is 18.4 Å². The van der Waals surface area contributed by atoms with Gasteiger partial charge in [-0.15, -0.1) is 11.6 Å². The van der Waals surface area contributed by atoms with Gasteiger partial charge in [0, 0.05) is 13.2 Å². The molecule has 1 aromatic heterocycles. The van der Waals surface area contributed by atoms with Crippen LogP contribution in [0.3, 0.4) is 0 Å². The van der Waals surface area contributed by atoms with Crippen LogP contribution >= 0.6 is 11.6 Å². The van der Waals surface area contributed by atoms with Gasteiger partial charge in [-0.1, -0.05) is 6.07 Å². The third kappa shape index (κ3) is 2.99. The van der Waals surface area contributed by atoms with Gasteiger partial charge in [0.15, 0.2) is 0 Å². The van der Waals surface area contributed by atoms with Crippen molar-refractivity contribution in [2.24, 2.45) is 5.92 Å². The highest BCUT2D eigenvalue weighted by atomic mass is 35.5. The van der Waals surface area contributed by atoms with Gasteiger partial charge in [-0.3, -0.25) is 0 Å². The van der Waals surface area contributed by atoms with Crippen LogP contribution in [0.2, 0.25) is 0 Å². The molecule has 2 aromatic rings. The molecule has 1 unspecified atom stereocenters. The zero-order chi connectivity index (χ0) is 14.1. The summed E-state index contributed by atoms with van der Waals surface area (Å²) in [4.78, 5) is 4.67. The molecule has 3 nitrogen and oxygen atoms in total. The second-order valence-electron chi connectivity index (χ2n) is 5.75. The van der Waals surface area contributed by atoms with E-state index in [0.29, 0.717) is 0 Å². The van der Waals surface area contributed by atoms with Crippen molar-refractivity contribution in [3.8, 4) is 0 Å². The second kappa shape index (κ2) is 5.74. The average Bonchev–Trinajstić information content (AvgIpc) is 3.15. The first kappa shape index (κ1) is 13.9. The van der Waals surface area contributed by atoms with Crippen LogP contribution < -0.4 is 0 Å². The van der Waals surface area contributed by atoms with E-state index in [9.17, 15) is 0 Å². The fourth-order valence-corrected chi connectivity index (χ4v) is 2.65. The van der Waals surface area contributed by atoms with Crippen molar-refractivity contribution in [1.82, 2.24) is 9.55 Å². The van der Waals surface area contributed by atoms with Crippen molar-refractivity contribution in [2.45, 2.75) is 38.6 Å². The van der Waals surface area contributed by atoms with E-state index in [4.69, 9.17) is 16.3 Å². The number of benzene rings is 1. The number of hydrogen-bond acceptors (Lipinski definition) is 2. The molecule has 1 saturated carbocycles. The molecule has 20 heavy (non-hydrogen) atoms. The van der Waals surface area contributed by atoms with Crippen LogP contribution in [0, 0.1) is 12.8 Å². The minimum atomic E-state index is -0.0915. The van der Waals surface area contributed by atoms with Gasteiger partial charge < -0.3 is 9.30 Å². The number of fused-ring (bicyclic) bond motifs is 1. The summed E-state index contributed by atoms with van der Waals surface area (Å²) < 4.78 is 7.94. The van der Waals surface area contributed by atoms with Gasteiger partial charge in [0.2, 0.25) is 0 Å². The molecule has 1 aliphatic carbocycles. The minimum Gasteiger partial charge on any atom is -0.379 e. The lowest BCUT2D eigenvalue weighted by molar-refractivity contribution is 0.117. The number of alkyl halides is 1. The maximum absolute atomic E-state index is 6.27. The number of halogens is 1. The number of aromatic nitrogens is 2. The first-order chi connectivity index (χ1) is 9.65. The number of hydrogen-bond donors (Lipinski definition) is 0. The Morgan fingerprint density at radius 3 is 2.95 bits per heavy atom. The van der Waals surface area contributed by atoms with E-state index in [1.807, 2.05) is 6.92 Å². The van der Waals surface area contributed by atoms with Gasteiger partial charge >= 0.3 is 0 Å². The third-order valence-corrected chi connectivity index (χ3v) is 3.99. The molecule has 1 aliphatic rings. The molecule has 0 spiro atoms. The highest BCUT2D eigenvalue weighted by Gasteiger charge is 2.21. The standard InChI is InChI=1S/C16H21ClN2O/c1-11-3-6-15-14(9-11)18-16(12(2)17)19(15)7-8-20-10-13-4-5-13/h3,6,9,12-13H,4-5,7-8,10H2,1-2H3. The van der Waals surface area contributed by atoms with Crippen LogP contribution in [0.1, 0.15) is 36.5 Å². The Balaban J connectivity index is 1.80. The first-order valence-electron chi connectivity index (χ1n) is 7.34. The van der Waals surface area contributed by atoms with Crippen molar-refractivity contribution >= 4 is 22.6 Å². The predicted octanol–water partition coefficient (Wildman–Crippen LogP) is 4.07. The third-order valence-electron chi connectivity index (χ3n) is 3.80. The Labute approximate surface area is 124 Å². The minimum absolute atomic E-state index is 0.0915. The number of aryl methyl sites for hydroxylation is 1. The Hall–Kier alpha value is -1.06. The van der Waals surface area contributed by atoms with Crippen molar-refractivity contribution < 1.29 is 4.74 Å². The normalized spacial score (nSPS) is 16.8. The summed E-state index contributed by atoms with van der Waals surface area (Å²) in [5.41, 5.74) is 3.39. The maximum atomic E-state index is 6.27. The number of rotatable bonds is 6. The lowest BCUT2D eigenvalue weighted by Crippen LogP contribution is -2.11. The predicted molar refractivity (Wildman–Crippen MR) is 82.3 cm³/mol. The van der Waals surface area contributed by atoms with Gasteiger partial charge in [-0.05, 0) is 50.3 Å². The van der Waals surface area contributed by atoms with Crippen molar-refractivity contribution in [3.63, 3.8) is 0 Å². The largest absolute Gasteiger partial charge is 0.379 e. The molecular weight excluding hydrogens is 272 g/mol. The van der Waals surface area contributed by atoms with E-state index in [-0.39, 0.29) is 5.38 Å². The fourth-order valence-electron chi connectivity index (χ4n) is 2.49. The molecule has 0 radical (unpaired) electrons. The molecule has 4 heteroatoms. The smallest absolute Gasteiger partial charge is 0.127 e. The quantitative estimate of drug-likeness (QED) is 0.593. The van der Waals surface area contributed by atoms with Gasteiger partial charge in [0.05, 0.1) is 23.0 Å². The summed E-state index contributed by atoms with van der Waals surface area (Å²) in [6.07, 6.45) is 2.66. The van der Waals surface area contributed by atoms with Gasteiger partial charge in [0.1, 0.15) is 5.82 Å². The van der Waals surface area contributed by atoms with Gasteiger partial charge in [-0.2, -0.15) is 0 Å². The van der Waals surface area contributed by atoms with Crippen molar-refractivity contribution in [3.05, 3.63) is 29.6 Å². The highest BCUT2D eigenvalue weighted by Crippen LogP contribution is 2.29. The molecule has 1 fully saturated rings. The molecule has 0 amide bonds. The molecule has 1 heterocycles. The number of imidazole rings is 1. The molecule has 1 atom stereocenters. The molecule has 0 N–H and O–H groups in total. The summed E-state index contributed by atoms with van der Waals surface area (Å²) in [6.45, 7) is 6.50.